The monoisotopic (exact) mass is 268 g/mol. The molecule has 3 atom stereocenters. The zero-order chi connectivity index (χ0) is 14.9. The van der Waals surface area contributed by atoms with Gasteiger partial charge < -0.3 is 5.11 Å². The van der Waals surface area contributed by atoms with Crippen LogP contribution in [-0.2, 0) is 5.60 Å². The molecular formula is C19H24O. The Kier molecular flexibility index (Phi) is 4.01. The molecule has 3 unspecified atom stereocenters. The van der Waals surface area contributed by atoms with Gasteiger partial charge in [-0.25, -0.2) is 0 Å². The first-order valence-electron chi connectivity index (χ1n) is 7.21. The first-order chi connectivity index (χ1) is 9.35. The lowest BCUT2D eigenvalue weighted by molar-refractivity contribution is 0.119. The average Bonchev–Trinajstić information content (AvgIpc) is 2.41. The molecule has 0 saturated carbocycles. The van der Waals surface area contributed by atoms with Gasteiger partial charge in [0.2, 0.25) is 0 Å². The maximum absolute atomic E-state index is 11.3. The number of aliphatic hydroxyl groups is 1. The zero-order valence-corrected chi connectivity index (χ0v) is 12.9. The summed E-state index contributed by atoms with van der Waals surface area (Å²) >= 11 is 0. The van der Waals surface area contributed by atoms with Gasteiger partial charge in [-0.05, 0) is 42.4 Å². The fraction of sp³-hybridized carbons (Fsp3) is 0.368. The lowest BCUT2D eigenvalue weighted by Gasteiger charge is -2.34. The van der Waals surface area contributed by atoms with Crippen molar-refractivity contribution in [2.45, 2.75) is 33.3 Å². The quantitative estimate of drug-likeness (QED) is 0.799. The molecular weight excluding hydrogens is 244 g/mol. The Morgan fingerprint density at radius 2 is 1.75 bits per heavy atom. The molecule has 0 bridgehead atoms. The van der Waals surface area contributed by atoms with Crippen LogP contribution in [0.5, 0.6) is 0 Å². The second-order valence-electron chi connectivity index (χ2n) is 6.06. The molecule has 1 aromatic carbocycles. The van der Waals surface area contributed by atoms with Crippen molar-refractivity contribution in [1.82, 2.24) is 0 Å². The van der Waals surface area contributed by atoms with E-state index in [0.29, 0.717) is 11.8 Å². The molecule has 1 aliphatic rings. The minimum atomic E-state index is -1.10. The molecule has 20 heavy (non-hydrogen) atoms. The van der Waals surface area contributed by atoms with Crippen LogP contribution in [-0.4, -0.2) is 5.11 Å². The van der Waals surface area contributed by atoms with E-state index < -0.39 is 5.60 Å². The summed E-state index contributed by atoms with van der Waals surface area (Å²) in [5, 5.41) is 11.3. The summed E-state index contributed by atoms with van der Waals surface area (Å²) < 4.78 is 0. The predicted molar refractivity (Wildman–Crippen MR) is 85.4 cm³/mol. The molecule has 2 rings (SSSR count). The molecule has 1 aromatic rings. The average molecular weight is 268 g/mol. The van der Waals surface area contributed by atoms with Gasteiger partial charge in [-0.3, -0.25) is 0 Å². The molecule has 0 amide bonds. The summed E-state index contributed by atoms with van der Waals surface area (Å²) in [5.74, 6) is 0.928. The second-order valence-corrected chi connectivity index (χ2v) is 6.06. The van der Waals surface area contributed by atoms with Gasteiger partial charge in [-0.1, -0.05) is 68.5 Å². The summed E-state index contributed by atoms with van der Waals surface area (Å²) in [6.45, 7) is 12.3. The van der Waals surface area contributed by atoms with Gasteiger partial charge in [0.15, 0.2) is 0 Å². The maximum Gasteiger partial charge on any atom is 0.135 e. The van der Waals surface area contributed by atoms with E-state index in [2.05, 4.69) is 32.6 Å². The van der Waals surface area contributed by atoms with Crippen LogP contribution in [0.15, 0.2) is 60.2 Å². The Labute approximate surface area is 122 Å². The lowest BCUT2D eigenvalue weighted by Crippen LogP contribution is -2.30. The molecule has 0 spiro atoms. The molecule has 1 aliphatic carbocycles. The normalized spacial score (nSPS) is 24.9. The van der Waals surface area contributed by atoms with Gasteiger partial charge in [-0.15, -0.1) is 0 Å². The van der Waals surface area contributed by atoms with E-state index in [0.717, 1.165) is 16.7 Å². The zero-order valence-electron chi connectivity index (χ0n) is 12.9. The highest BCUT2D eigenvalue weighted by atomic mass is 16.3. The summed E-state index contributed by atoms with van der Waals surface area (Å²) in [7, 11) is 0. The number of allylic oxidation sites excluding steroid dienone is 2. The van der Waals surface area contributed by atoms with Crippen LogP contribution in [0.25, 0.3) is 0 Å². The summed E-state index contributed by atoms with van der Waals surface area (Å²) in [6.07, 6.45) is 6.38. The van der Waals surface area contributed by atoms with E-state index in [-0.39, 0.29) is 0 Å². The van der Waals surface area contributed by atoms with Crippen molar-refractivity contribution in [1.29, 1.82) is 0 Å². The Morgan fingerprint density at radius 3 is 2.25 bits per heavy atom. The number of hydrogen-bond acceptors (Lipinski definition) is 1. The highest BCUT2D eigenvalue weighted by Crippen LogP contribution is 2.39. The Bertz CT molecular complexity index is 562. The molecule has 0 saturated heterocycles. The molecule has 1 N–H and O–H groups in total. The number of hydrogen-bond donors (Lipinski definition) is 1. The van der Waals surface area contributed by atoms with Gasteiger partial charge in [0.25, 0.3) is 0 Å². The van der Waals surface area contributed by atoms with Gasteiger partial charge in [0, 0.05) is 0 Å². The Balaban J connectivity index is 2.51. The van der Waals surface area contributed by atoms with Crippen molar-refractivity contribution >= 4 is 0 Å². The van der Waals surface area contributed by atoms with Gasteiger partial charge in [0.05, 0.1) is 0 Å². The van der Waals surface area contributed by atoms with E-state index in [1.165, 1.54) is 5.56 Å². The minimum absolute atomic E-state index is 0.423. The van der Waals surface area contributed by atoms with Crippen molar-refractivity contribution in [3.05, 3.63) is 71.3 Å². The lowest BCUT2D eigenvalue weighted by atomic mass is 9.75. The fourth-order valence-corrected chi connectivity index (χ4v) is 2.62. The Morgan fingerprint density at radius 1 is 1.15 bits per heavy atom. The standard InChI is InChI=1S/C19H24O/c1-13(2)19(20,17-9-6-14(3)7-10-17)18-11-8-15(4)16(5)12-18/h6-12,15-16,20H,1H2,2-5H3. The van der Waals surface area contributed by atoms with E-state index >= 15 is 0 Å². The first-order valence-corrected chi connectivity index (χ1v) is 7.21. The summed E-state index contributed by atoms with van der Waals surface area (Å²) in [5.41, 5.74) is 2.65. The van der Waals surface area contributed by atoms with Gasteiger partial charge in [-0.2, -0.15) is 0 Å². The van der Waals surface area contributed by atoms with Crippen molar-refractivity contribution < 1.29 is 5.11 Å². The van der Waals surface area contributed by atoms with E-state index in [1.54, 1.807) is 0 Å². The van der Waals surface area contributed by atoms with Crippen LogP contribution >= 0.6 is 0 Å². The second kappa shape index (κ2) is 5.41. The third-order valence-corrected chi connectivity index (χ3v) is 4.36. The number of benzene rings is 1. The first kappa shape index (κ1) is 14.8. The van der Waals surface area contributed by atoms with Crippen LogP contribution in [0.1, 0.15) is 31.9 Å². The summed E-state index contributed by atoms with van der Waals surface area (Å²) in [4.78, 5) is 0. The van der Waals surface area contributed by atoms with Crippen LogP contribution in [0, 0.1) is 18.8 Å². The van der Waals surface area contributed by atoms with Crippen LogP contribution in [0.2, 0.25) is 0 Å². The molecule has 0 heterocycles. The van der Waals surface area contributed by atoms with Crippen LogP contribution in [0.3, 0.4) is 0 Å². The SMILES string of the molecule is C=C(C)C(O)(C1=CC(C)C(C)C=C1)c1ccc(C)cc1. The van der Waals surface area contributed by atoms with Crippen molar-refractivity contribution in [3.63, 3.8) is 0 Å². The molecule has 0 fully saturated rings. The third kappa shape index (κ3) is 2.51. The summed E-state index contributed by atoms with van der Waals surface area (Å²) in [6, 6.07) is 8.04. The van der Waals surface area contributed by atoms with Gasteiger partial charge >= 0.3 is 0 Å². The van der Waals surface area contributed by atoms with Crippen LogP contribution in [0.4, 0.5) is 0 Å². The van der Waals surface area contributed by atoms with Crippen molar-refractivity contribution in [3.8, 4) is 0 Å². The Hall–Kier alpha value is -1.60. The molecule has 106 valence electrons. The molecule has 1 nitrogen and oxygen atoms in total. The predicted octanol–water partition coefficient (Wildman–Crippen LogP) is 4.53. The fourth-order valence-electron chi connectivity index (χ4n) is 2.62. The molecule has 0 aromatic heterocycles. The number of rotatable bonds is 3. The smallest absolute Gasteiger partial charge is 0.135 e. The minimum Gasteiger partial charge on any atom is -0.376 e. The highest BCUT2D eigenvalue weighted by Gasteiger charge is 2.35. The largest absolute Gasteiger partial charge is 0.376 e. The van der Waals surface area contributed by atoms with E-state index in [4.69, 9.17) is 0 Å². The molecule has 0 radical (unpaired) electrons. The number of aryl methyl sites for hydroxylation is 1. The highest BCUT2D eigenvalue weighted by molar-refractivity contribution is 5.47. The van der Waals surface area contributed by atoms with E-state index in [1.807, 2.05) is 44.2 Å². The van der Waals surface area contributed by atoms with E-state index in [9.17, 15) is 5.11 Å². The third-order valence-electron chi connectivity index (χ3n) is 4.36. The molecule has 0 aliphatic heterocycles. The molecule has 1 heteroatoms. The van der Waals surface area contributed by atoms with Crippen LogP contribution < -0.4 is 0 Å². The topological polar surface area (TPSA) is 20.2 Å². The van der Waals surface area contributed by atoms with Crippen molar-refractivity contribution in [2.24, 2.45) is 11.8 Å². The van der Waals surface area contributed by atoms with Gasteiger partial charge in [0.1, 0.15) is 5.60 Å². The maximum atomic E-state index is 11.3. The van der Waals surface area contributed by atoms with Crippen molar-refractivity contribution in [2.75, 3.05) is 0 Å².